The fraction of sp³-hybridized carbons (Fsp3) is 0.417. The molecule has 5 rings (SSSR count). The summed E-state index contributed by atoms with van der Waals surface area (Å²) in [6.07, 6.45) is 1.26. The van der Waals surface area contributed by atoms with Crippen molar-refractivity contribution in [3.63, 3.8) is 0 Å². The molecule has 184 valence electrons. The van der Waals surface area contributed by atoms with Gasteiger partial charge in [-0.25, -0.2) is 9.97 Å². The van der Waals surface area contributed by atoms with Crippen molar-refractivity contribution in [3.8, 4) is 11.4 Å². The summed E-state index contributed by atoms with van der Waals surface area (Å²) in [6.45, 7) is 7.32. The number of amides is 1. The molecule has 0 aliphatic carbocycles. The Hall–Kier alpha value is -3.28. The van der Waals surface area contributed by atoms with Gasteiger partial charge in [0.05, 0.1) is 34.5 Å². The lowest BCUT2D eigenvalue weighted by molar-refractivity contribution is -0.132. The molecular weight excluding hydrogens is 464 g/mol. The third kappa shape index (κ3) is 4.54. The van der Waals surface area contributed by atoms with E-state index >= 15 is 0 Å². The summed E-state index contributed by atoms with van der Waals surface area (Å²) in [5, 5.41) is 8.98. The summed E-state index contributed by atoms with van der Waals surface area (Å²) >= 11 is 1.68. The minimum absolute atomic E-state index is 0.00441. The molecule has 1 amide bonds. The van der Waals surface area contributed by atoms with Crippen LogP contribution in [0.1, 0.15) is 12.5 Å². The van der Waals surface area contributed by atoms with E-state index in [1.807, 2.05) is 17.0 Å². The number of ether oxygens (including phenoxy) is 1. The summed E-state index contributed by atoms with van der Waals surface area (Å²) in [5.41, 5.74) is 14.7. The topological polar surface area (TPSA) is 138 Å². The van der Waals surface area contributed by atoms with Gasteiger partial charge in [-0.15, -0.1) is 11.3 Å². The van der Waals surface area contributed by atoms with Crippen LogP contribution < -0.4 is 21.3 Å². The van der Waals surface area contributed by atoms with Crippen molar-refractivity contribution in [1.82, 2.24) is 14.9 Å². The van der Waals surface area contributed by atoms with Crippen molar-refractivity contribution in [3.05, 3.63) is 29.8 Å². The lowest BCUT2D eigenvalue weighted by atomic mass is 10.1. The Morgan fingerprint density at radius 2 is 1.89 bits per heavy atom. The first-order valence-corrected chi connectivity index (χ1v) is 12.6. The minimum atomic E-state index is -0.478. The van der Waals surface area contributed by atoms with E-state index in [9.17, 15) is 4.79 Å². The van der Waals surface area contributed by atoms with Crippen molar-refractivity contribution in [2.45, 2.75) is 13.0 Å². The Labute approximate surface area is 208 Å². The van der Waals surface area contributed by atoms with E-state index in [1.54, 1.807) is 24.3 Å². The Balaban J connectivity index is 1.53. The SMILES string of the molecule is C[C@@H](N)C(=O)N1CCN(c2cc3nc(-c4cccc(N)c4C=N)nc(N4CCOCC4)c3s2)CC1. The molecule has 4 heterocycles. The number of rotatable bonds is 5. The normalized spacial score (nSPS) is 17.6. The van der Waals surface area contributed by atoms with Crippen molar-refractivity contribution in [2.75, 3.05) is 68.0 Å². The van der Waals surface area contributed by atoms with Gasteiger partial charge in [0.25, 0.3) is 0 Å². The number of nitrogens with one attached hydrogen (secondary N) is 1. The minimum Gasteiger partial charge on any atom is -0.398 e. The summed E-state index contributed by atoms with van der Waals surface area (Å²) < 4.78 is 6.60. The van der Waals surface area contributed by atoms with Crippen LogP contribution in [0.4, 0.5) is 16.5 Å². The smallest absolute Gasteiger partial charge is 0.239 e. The Morgan fingerprint density at radius 3 is 2.57 bits per heavy atom. The zero-order chi connectivity index (χ0) is 24.5. The van der Waals surface area contributed by atoms with Gasteiger partial charge < -0.3 is 36.3 Å². The van der Waals surface area contributed by atoms with Gasteiger partial charge in [0.1, 0.15) is 0 Å². The first kappa shape index (κ1) is 23.5. The monoisotopic (exact) mass is 494 g/mol. The second-order valence-electron chi connectivity index (χ2n) is 8.82. The molecule has 2 aliphatic heterocycles. The second-order valence-corrected chi connectivity index (χ2v) is 9.85. The molecule has 2 aromatic heterocycles. The molecule has 10 nitrogen and oxygen atoms in total. The summed E-state index contributed by atoms with van der Waals surface area (Å²) in [7, 11) is 0. The molecular formula is C24H30N8O2S. The van der Waals surface area contributed by atoms with E-state index in [4.69, 9.17) is 31.6 Å². The highest BCUT2D eigenvalue weighted by Gasteiger charge is 2.26. The molecule has 5 N–H and O–H groups in total. The third-order valence-electron chi connectivity index (χ3n) is 6.47. The number of fused-ring (bicyclic) bond motifs is 1. The van der Waals surface area contributed by atoms with Crippen LogP contribution in [0.3, 0.4) is 0 Å². The summed E-state index contributed by atoms with van der Waals surface area (Å²) in [6, 6.07) is 7.18. The van der Waals surface area contributed by atoms with Gasteiger partial charge in [0.2, 0.25) is 5.91 Å². The molecule has 0 saturated carbocycles. The summed E-state index contributed by atoms with van der Waals surface area (Å²) in [4.78, 5) is 28.5. The van der Waals surface area contributed by atoms with Gasteiger partial charge in [-0.3, -0.25) is 4.79 Å². The van der Waals surface area contributed by atoms with Crippen LogP contribution in [-0.2, 0) is 9.53 Å². The van der Waals surface area contributed by atoms with Crippen LogP contribution in [-0.4, -0.2) is 85.5 Å². The molecule has 2 fully saturated rings. The number of thiophene rings is 1. The van der Waals surface area contributed by atoms with E-state index in [0.29, 0.717) is 43.4 Å². The molecule has 0 spiro atoms. The number of nitrogens with zero attached hydrogens (tertiary/aromatic N) is 5. The highest BCUT2D eigenvalue weighted by Crippen LogP contribution is 2.39. The largest absolute Gasteiger partial charge is 0.398 e. The number of nitrogens with two attached hydrogens (primary N) is 2. The number of hydrogen-bond acceptors (Lipinski definition) is 10. The van der Waals surface area contributed by atoms with E-state index in [-0.39, 0.29) is 5.91 Å². The fourth-order valence-corrected chi connectivity index (χ4v) is 5.71. The Kier molecular flexibility index (Phi) is 6.54. The number of piperazine rings is 1. The zero-order valence-electron chi connectivity index (χ0n) is 19.7. The molecule has 2 aliphatic rings. The number of anilines is 3. The Bertz CT molecular complexity index is 1250. The van der Waals surface area contributed by atoms with Crippen molar-refractivity contribution in [1.29, 1.82) is 5.41 Å². The quantitative estimate of drug-likeness (QED) is 0.360. The van der Waals surface area contributed by atoms with Crippen molar-refractivity contribution < 1.29 is 9.53 Å². The van der Waals surface area contributed by atoms with Crippen LogP contribution in [0, 0.1) is 5.41 Å². The van der Waals surface area contributed by atoms with E-state index < -0.39 is 6.04 Å². The number of carbonyl (C=O) groups excluding carboxylic acids is 1. The molecule has 35 heavy (non-hydrogen) atoms. The number of morpholine rings is 1. The highest BCUT2D eigenvalue weighted by molar-refractivity contribution is 7.23. The molecule has 2 saturated heterocycles. The average molecular weight is 495 g/mol. The van der Waals surface area contributed by atoms with E-state index in [1.165, 1.54) is 6.21 Å². The molecule has 1 aromatic carbocycles. The lowest BCUT2D eigenvalue weighted by Gasteiger charge is -2.36. The molecule has 0 unspecified atom stereocenters. The molecule has 0 bridgehead atoms. The maximum Gasteiger partial charge on any atom is 0.239 e. The number of aromatic nitrogens is 2. The van der Waals surface area contributed by atoms with Crippen molar-refractivity contribution >= 4 is 50.2 Å². The average Bonchev–Trinajstić information content (AvgIpc) is 3.32. The molecule has 11 heteroatoms. The van der Waals surface area contributed by atoms with E-state index in [2.05, 4.69) is 15.9 Å². The predicted octanol–water partition coefficient (Wildman–Crippen LogP) is 1.77. The lowest BCUT2D eigenvalue weighted by Crippen LogP contribution is -2.52. The first-order chi connectivity index (χ1) is 17.0. The third-order valence-corrected chi connectivity index (χ3v) is 7.65. The maximum atomic E-state index is 12.3. The zero-order valence-corrected chi connectivity index (χ0v) is 20.6. The van der Waals surface area contributed by atoms with E-state index in [0.717, 1.165) is 52.8 Å². The number of carbonyl (C=O) groups is 1. The van der Waals surface area contributed by atoms with Gasteiger partial charge in [-0.1, -0.05) is 12.1 Å². The maximum absolute atomic E-state index is 12.3. The van der Waals surface area contributed by atoms with Crippen LogP contribution in [0.25, 0.3) is 21.6 Å². The molecule has 1 atom stereocenters. The van der Waals surface area contributed by atoms with Crippen molar-refractivity contribution in [2.24, 2.45) is 5.73 Å². The van der Waals surface area contributed by atoms with Crippen LogP contribution in [0.2, 0.25) is 0 Å². The highest BCUT2D eigenvalue weighted by atomic mass is 32.1. The van der Waals surface area contributed by atoms with Gasteiger partial charge in [-0.2, -0.15) is 0 Å². The second kappa shape index (κ2) is 9.76. The Morgan fingerprint density at radius 1 is 1.14 bits per heavy atom. The van der Waals surface area contributed by atoms with Crippen LogP contribution in [0.5, 0.6) is 0 Å². The first-order valence-electron chi connectivity index (χ1n) is 11.8. The fourth-order valence-electron chi connectivity index (χ4n) is 4.54. The van der Waals surface area contributed by atoms with Gasteiger partial charge in [-0.05, 0) is 19.1 Å². The number of hydrogen-bond donors (Lipinski definition) is 3. The van der Waals surface area contributed by atoms with Gasteiger partial charge >= 0.3 is 0 Å². The summed E-state index contributed by atoms with van der Waals surface area (Å²) in [5.74, 6) is 1.44. The molecule has 3 aromatic rings. The number of benzene rings is 1. The van der Waals surface area contributed by atoms with Crippen LogP contribution >= 0.6 is 11.3 Å². The predicted molar refractivity (Wildman–Crippen MR) is 141 cm³/mol. The number of nitrogen functional groups attached to an aromatic ring is 1. The van der Waals surface area contributed by atoms with Gasteiger partial charge in [0, 0.05) is 62.3 Å². The van der Waals surface area contributed by atoms with Gasteiger partial charge in [0.15, 0.2) is 11.6 Å². The standard InChI is InChI=1S/C24H30N8O2S/c1-15(26)24(33)32-7-5-30(6-8-32)20-13-19-21(35-20)23(31-9-11-34-12-10-31)29-22(28-19)16-3-2-4-18(27)17(16)14-25/h2-4,13-15,25H,5-12,26-27H2,1H3/t15-/m1/s1. The molecule has 0 radical (unpaired) electrons. The van der Waals surface area contributed by atoms with Crippen LogP contribution in [0.15, 0.2) is 24.3 Å².